The van der Waals surface area contributed by atoms with Gasteiger partial charge in [-0.05, 0) is 43.2 Å². The third-order valence-electron chi connectivity index (χ3n) is 5.39. The van der Waals surface area contributed by atoms with E-state index >= 15 is 0 Å². The predicted molar refractivity (Wildman–Crippen MR) is 120 cm³/mol. The number of nitrogens with two attached hydrogens (primary N) is 2. The van der Waals surface area contributed by atoms with Crippen molar-refractivity contribution in [1.29, 1.82) is 0 Å². The van der Waals surface area contributed by atoms with Crippen LogP contribution >= 0.6 is 0 Å². The molecule has 0 aliphatic heterocycles. The van der Waals surface area contributed by atoms with E-state index in [1.54, 1.807) is 42.6 Å². The van der Waals surface area contributed by atoms with E-state index in [0.717, 1.165) is 31.4 Å². The number of primary amides is 1. The molecule has 1 aromatic carbocycles. The van der Waals surface area contributed by atoms with Gasteiger partial charge in [-0.2, -0.15) is 0 Å². The minimum atomic E-state index is -0.677. The highest BCUT2D eigenvalue weighted by Gasteiger charge is 2.23. The number of amides is 1. The zero-order valence-electron chi connectivity index (χ0n) is 17.0. The normalized spacial score (nSPS) is 18.4. The van der Waals surface area contributed by atoms with Crippen molar-refractivity contribution in [3.8, 4) is 5.69 Å². The second kappa shape index (κ2) is 8.97. The zero-order valence-corrected chi connectivity index (χ0v) is 17.0. The van der Waals surface area contributed by atoms with Gasteiger partial charge < -0.3 is 22.1 Å². The maximum atomic E-state index is 12.0. The van der Waals surface area contributed by atoms with Crippen LogP contribution in [0.15, 0.2) is 59.7 Å². The molecule has 9 nitrogen and oxygen atoms in total. The molecule has 3 aromatic rings. The van der Waals surface area contributed by atoms with Crippen LogP contribution in [-0.4, -0.2) is 32.5 Å². The molecule has 1 saturated carbocycles. The molecule has 1 aliphatic rings. The van der Waals surface area contributed by atoms with Crippen molar-refractivity contribution < 1.29 is 4.79 Å². The molecule has 4 rings (SSSR count). The number of hydrogen-bond donors (Lipinski definition) is 4. The lowest BCUT2D eigenvalue weighted by Gasteiger charge is -2.29. The van der Waals surface area contributed by atoms with Crippen molar-refractivity contribution in [3.63, 3.8) is 0 Å². The Morgan fingerprint density at radius 1 is 1.10 bits per heavy atom. The molecule has 2 atom stereocenters. The maximum absolute atomic E-state index is 12.0. The van der Waals surface area contributed by atoms with E-state index in [9.17, 15) is 9.59 Å². The lowest BCUT2D eigenvalue weighted by atomic mass is 9.91. The Labute approximate surface area is 179 Å². The fourth-order valence-electron chi connectivity index (χ4n) is 3.74. The molecular formula is C22H25N7O2. The molecule has 1 amide bonds. The van der Waals surface area contributed by atoms with Gasteiger partial charge >= 0.3 is 0 Å². The van der Waals surface area contributed by atoms with Crippen molar-refractivity contribution >= 4 is 23.2 Å². The quantitative estimate of drug-likeness (QED) is 0.480. The third-order valence-corrected chi connectivity index (χ3v) is 5.39. The van der Waals surface area contributed by atoms with Gasteiger partial charge in [0.05, 0.1) is 6.20 Å². The molecule has 1 fully saturated rings. The summed E-state index contributed by atoms with van der Waals surface area (Å²) in [6.45, 7) is 0. The summed E-state index contributed by atoms with van der Waals surface area (Å²) in [4.78, 5) is 32.6. The molecule has 2 aromatic heterocycles. The van der Waals surface area contributed by atoms with Gasteiger partial charge in [0.2, 0.25) is 0 Å². The van der Waals surface area contributed by atoms with Crippen LogP contribution in [0.2, 0.25) is 0 Å². The number of benzene rings is 1. The van der Waals surface area contributed by atoms with Crippen LogP contribution in [0.25, 0.3) is 5.69 Å². The molecule has 0 radical (unpaired) electrons. The van der Waals surface area contributed by atoms with Crippen LogP contribution in [0.4, 0.5) is 17.3 Å². The van der Waals surface area contributed by atoms with Crippen LogP contribution in [0, 0.1) is 0 Å². The molecule has 0 bridgehead atoms. The van der Waals surface area contributed by atoms with Crippen molar-refractivity contribution in [1.82, 2.24) is 14.5 Å². The summed E-state index contributed by atoms with van der Waals surface area (Å²) in [5.74, 6) is 0.109. The third kappa shape index (κ3) is 4.72. The SMILES string of the molecule is NC(=O)c1ncc(N[C@@H]2CCCC[C@@H]2N)nc1Nc1ccc(-n2ccccc2=O)cc1. The summed E-state index contributed by atoms with van der Waals surface area (Å²) in [7, 11) is 0. The fraction of sp³-hybridized carbons (Fsp3) is 0.273. The first-order valence-corrected chi connectivity index (χ1v) is 10.3. The van der Waals surface area contributed by atoms with Crippen LogP contribution in [-0.2, 0) is 0 Å². The number of carbonyl (C=O) groups excluding carboxylic acids is 1. The Morgan fingerprint density at radius 2 is 1.87 bits per heavy atom. The Hall–Kier alpha value is -3.72. The molecule has 9 heteroatoms. The van der Waals surface area contributed by atoms with Crippen LogP contribution in [0.3, 0.4) is 0 Å². The zero-order chi connectivity index (χ0) is 21.8. The highest BCUT2D eigenvalue weighted by atomic mass is 16.1. The van der Waals surface area contributed by atoms with Gasteiger partial charge in [0, 0.05) is 35.7 Å². The summed E-state index contributed by atoms with van der Waals surface area (Å²) < 4.78 is 1.54. The summed E-state index contributed by atoms with van der Waals surface area (Å²) in [5, 5.41) is 6.43. The molecule has 6 N–H and O–H groups in total. The molecule has 0 unspecified atom stereocenters. The van der Waals surface area contributed by atoms with E-state index in [-0.39, 0.29) is 29.2 Å². The van der Waals surface area contributed by atoms with Gasteiger partial charge in [-0.1, -0.05) is 18.9 Å². The molecular weight excluding hydrogens is 394 g/mol. The Balaban J connectivity index is 1.57. The minimum Gasteiger partial charge on any atom is -0.364 e. The standard InChI is InChI=1S/C22H25N7O2/c23-16-5-1-2-6-17(16)27-18-13-25-20(21(24)31)22(28-18)26-14-8-10-15(11-9-14)29-12-4-3-7-19(29)30/h3-4,7-13,16-17H,1-2,5-6,23H2,(H2,24,31)(H2,26,27,28)/t16-,17+/m0/s1. The summed E-state index contributed by atoms with van der Waals surface area (Å²) in [5.41, 5.74) is 13.0. The number of nitrogens with one attached hydrogen (secondary N) is 2. The summed E-state index contributed by atoms with van der Waals surface area (Å²) >= 11 is 0. The van der Waals surface area contributed by atoms with Gasteiger partial charge in [-0.3, -0.25) is 14.2 Å². The highest BCUT2D eigenvalue weighted by molar-refractivity contribution is 5.96. The number of anilines is 3. The van der Waals surface area contributed by atoms with Crippen molar-refractivity contribution in [2.75, 3.05) is 10.6 Å². The molecule has 160 valence electrons. The smallest absolute Gasteiger partial charge is 0.271 e. The second-order valence-electron chi connectivity index (χ2n) is 7.60. The predicted octanol–water partition coefficient (Wildman–Crippen LogP) is 2.15. The maximum Gasteiger partial charge on any atom is 0.271 e. The molecule has 0 spiro atoms. The number of hydrogen-bond acceptors (Lipinski definition) is 7. The number of carbonyl (C=O) groups is 1. The van der Waals surface area contributed by atoms with E-state index < -0.39 is 5.91 Å². The van der Waals surface area contributed by atoms with Gasteiger partial charge in [-0.25, -0.2) is 9.97 Å². The molecule has 1 aliphatic carbocycles. The molecule has 31 heavy (non-hydrogen) atoms. The van der Waals surface area contributed by atoms with Gasteiger partial charge in [0.1, 0.15) is 5.82 Å². The van der Waals surface area contributed by atoms with Crippen molar-refractivity contribution in [2.24, 2.45) is 11.5 Å². The van der Waals surface area contributed by atoms with Gasteiger partial charge in [-0.15, -0.1) is 0 Å². The molecule has 0 saturated heterocycles. The monoisotopic (exact) mass is 419 g/mol. The molecule has 2 heterocycles. The average Bonchev–Trinajstić information content (AvgIpc) is 2.76. The topological polar surface area (TPSA) is 141 Å². The van der Waals surface area contributed by atoms with E-state index in [4.69, 9.17) is 11.5 Å². The Bertz CT molecular complexity index is 1130. The summed E-state index contributed by atoms with van der Waals surface area (Å²) in [6, 6.07) is 12.3. The largest absolute Gasteiger partial charge is 0.364 e. The number of pyridine rings is 1. The number of rotatable bonds is 6. The first-order valence-electron chi connectivity index (χ1n) is 10.3. The second-order valence-corrected chi connectivity index (χ2v) is 7.60. The van der Waals surface area contributed by atoms with E-state index in [2.05, 4.69) is 20.6 Å². The Kier molecular flexibility index (Phi) is 5.94. The van der Waals surface area contributed by atoms with Crippen molar-refractivity contribution in [3.05, 3.63) is 70.9 Å². The van der Waals surface area contributed by atoms with Crippen molar-refractivity contribution in [2.45, 2.75) is 37.8 Å². The number of aromatic nitrogens is 3. The highest BCUT2D eigenvalue weighted by Crippen LogP contribution is 2.23. The van der Waals surface area contributed by atoms with Crippen LogP contribution in [0.5, 0.6) is 0 Å². The lowest BCUT2D eigenvalue weighted by Crippen LogP contribution is -2.42. The average molecular weight is 419 g/mol. The van der Waals surface area contributed by atoms with E-state index in [0.29, 0.717) is 11.5 Å². The first-order chi connectivity index (χ1) is 15.0. The van der Waals surface area contributed by atoms with E-state index in [1.807, 2.05) is 0 Å². The Morgan fingerprint density at radius 3 is 2.58 bits per heavy atom. The first kappa shape index (κ1) is 20.5. The number of nitrogens with zero attached hydrogens (tertiary/aromatic N) is 3. The van der Waals surface area contributed by atoms with Crippen LogP contribution in [0.1, 0.15) is 36.2 Å². The van der Waals surface area contributed by atoms with Crippen LogP contribution < -0.4 is 27.7 Å². The summed E-state index contributed by atoms with van der Waals surface area (Å²) in [6.07, 6.45) is 7.36. The van der Waals surface area contributed by atoms with E-state index in [1.165, 1.54) is 16.8 Å². The van der Waals surface area contributed by atoms with Gasteiger partial charge in [0.15, 0.2) is 11.5 Å². The fourth-order valence-corrected chi connectivity index (χ4v) is 3.74. The van der Waals surface area contributed by atoms with Gasteiger partial charge in [0.25, 0.3) is 11.5 Å². The lowest BCUT2D eigenvalue weighted by molar-refractivity contribution is 0.0996. The minimum absolute atomic E-state index is 0.0434.